The first kappa shape index (κ1) is 18.5. The smallest absolute Gasteiger partial charge is 0.431 e. The number of aliphatic carboxylic acids is 1. The fourth-order valence-corrected chi connectivity index (χ4v) is 3.22. The van der Waals surface area contributed by atoms with Gasteiger partial charge in [0.2, 0.25) is 0 Å². The van der Waals surface area contributed by atoms with E-state index in [1.165, 1.54) is 12.1 Å². The van der Waals surface area contributed by atoms with E-state index in [9.17, 15) is 32.3 Å². The molecule has 0 amide bonds. The highest BCUT2D eigenvalue weighted by molar-refractivity contribution is 7.13. The van der Waals surface area contributed by atoms with Crippen LogP contribution in [0.4, 0.5) is 13.2 Å². The molecule has 140 valence electrons. The molecule has 0 unspecified atom stereocenters. The predicted octanol–water partition coefficient (Wildman–Crippen LogP) is 1.43. The van der Waals surface area contributed by atoms with Gasteiger partial charge in [-0.1, -0.05) is 0 Å². The van der Waals surface area contributed by atoms with Gasteiger partial charge in [-0.05, 0) is 29.7 Å². The fourth-order valence-electron chi connectivity index (χ4n) is 2.47. The number of hydrogen-bond acceptors (Lipinski definition) is 6. The summed E-state index contributed by atoms with van der Waals surface area (Å²) in [4.78, 5) is 47.0. The molecule has 0 aliphatic rings. The monoisotopic (exact) mass is 399 g/mol. The molecule has 0 aliphatic heterocycles. The average molecular weight is 399 g/mol. The van der Waals surface area contributed by atoms with E-state index in [1.54, 1.807) is 0 Å². The van der Waals surface area contributed by atoms with Gasteiger partial charge >= 0.3 is 17.8 Å². The number of ketones is 1. The molecule has 3 rings (SSSR count). The van der Waals surface area contributed by atoms with E-state index in [0.717, 1.165) is 24.6 Å². The van der Waals surface area contributed by atoms with Crippen molar-refractivity contribution in [3.8, 4) is 5.69 Å². The second-order valence-electron chi connectivity index (χ2n) is 5.39. The van der Waals surface area contributed by atoms with E-state index in [-0.39, 0.29) is 27.4 Å². The Labute approximate surface area is 150 Å². The summed E-state index contributed by atoms with van der Waals surface area (Å²) in [5, 5.41) is 8.90. The zero-order valence-electron chi connectivity index (χ0n) is 13.3. The topological polar surface area (TPSA) is 111 Å². The number of aromatic nitrogens is 3. The number of carboxylic acids is 1. The van der Waals surface area contributed by atoms with Crippen LogP contribution in [0.3, 0.4) is 0 Å². The molecule has 12 heteroatoms. The van der Waals surface area contributed by atoms with Gasteiger partial charge in [-0.2, -0.15) is 17.5 Å². The van der Waals surface area contributed by atoms with Gasteiger partial charge in [0.05, 0.1) is 10.4 Å². The summed E-state index contributed by atoms with van der Waals surface area (Å²) in [6.45, 7) is 0. The lowest BCUT2D eigenvalue weighted by Gasteiger charge is -2.13. The molecule has 0 aliphatic carbocycles. The van der Waals surface area contributed by atoms with Crippen LogP contribution in [0, 0.1) is 0 Å². The van der Waals surface area contributed by atoms with E-state index in [1.807, 2.05) is 0 Å². The third-order valence-electron chi connectivity index (χ3n) is 3.73. The van der Waals surface area contributed by atoms with Gasteiger partial charge in [-0.15, -0.1) is 0 Å². The first-order valence-electron chi connectivity index (χ1n) is 7.10. The molecule has 2 heterocycles. The second kappa shape index (κ2) is 6.16. The van der Waals surface area contributed by atoms with Crippen molar-refractivity contribution in [3.05, 3.63) is 56.5 Å². The summed E-state index contributed by atoms with van der Waals surface area (Å²) >= 11 is 0.827. The number of benzene rings is 1. The summed E-state index contributed by atoms with van der Waals surface area (Å²) in [6.07, 6.45) is -4.89. The van der Waals surface area contributed by atoms with Crippen LogP contribution in [0.5, 0.6) is 0 Å². The molecule has 1 aromatic carbocycles. The van der Waals surface area contributed by atoms with Crippen molar-refractivity contribution in [2.24, 2.45) is 7.05 Å². The Kier molecular flexibility index (Phi) is 4.22. The molecule has 0 spiro atoms. The molecule has 1 N–H and O–H groups in total. The minimum Gasteiger partial charge on any atom is -0.475 e. The van der Waals surface area contributed by atoms with Crippen molar-refractivity contribution in [2.45, 2.75) is 6.18 Å². The lowest BCUT2D eigenvalue weighted by molar-refractivity contribution is -0.144. The molecule has 0 bridgehead atoms. The quantitative estimate of drug-likeness (QED) is 0.527. The summed E-state index contributed by atoms with van der Waals surface area (Å²) in [6, 6.07) is 4.10. The minimum atomic E-state index is -4.89. The Balaban J connectivity index is 2.28. The Morgan fingerprint density at radius 2 is 1.85 bits per heavy atom. The number of hydrogen-bond donors (Lipinski definition) is 1. The first-order valence-corrected chi connectivity index (χ1v) is 7.87. The molecule has 0 atom stereocenters. The minimum absolute atomic E-state index is 0.0683. The summed E-state index contributed by atoms with van der Waals surface area (Å²) in [5.41, 5.74) is -4.39. The Morgan fingerprint density at radius 3 is 2.44 bits per heavy atom. The maximum absolute atomic E-state index is 12.9. The normalized spacial score (nSPS) is 11.7. The number of fused-ring (bicyclic) bond motifs is 1. The van der Waals surface area contributed by atoms with Crippen molar-refractivity contribution < 1.29 is 27.9 Å². The number of carboxylic acid groups (broad SMARTS) is 1. The van der Waals surface area contributed by atoms with Crippen LogP contribution >= 0.6 is 11.5 Å². The number of nitrogens with zero attached hydrogens (tertiary/aromatic N) is 3. The molecular weight excluding hydrogens is 391 g/mol. The summed E-state index contributed by atoms with van der Waals surface area (Å²) in [5.74, 6) is -3.03. The molecule has 8 nitrogen and oxygen atoms in total. The highest BCUT2D eigenvalue weighted by atomic mass is 32.1. The van der Waals surface area contributed by atoms with Crippen molar-refractivity contribution in [3.63, 3.8) is 0 Å². The molecule has 27 heavy (non-hydrogen) atoms. The molecule has 0 saturated heterocycles. The van der Waals surface area contributed by atoms with Gasteiger partial charge in [0.15, 0.2) is 0 Å². The lowest BCUT2D eigenvalue weighted by atomic mass is 10.1. The summed E-state index contributed by atoms with van der Waals surface area (Å²) in [7, 11) is 0.866. The fraction of sp³-hybridized carbons (Fsp3) is 0.133. The van der Waals surface area contributed by atoms with Crippen LogP contribution in [0.1, 0.15) is 16.2 Å². The number of halogens is 3. The van der Waals surface area contributed by atoms with Crippen LogP contribution in [0.15, 0.2) is 33.9 Å². The zero-order valence-corrected chi connectivity index (χ0v) is 14.1. The maximum Gasteiger partial charge on any atom is 0.431 e. The third kappa shape index (κ3) is 3.03. The van der Waals surface area contributed by atoms with Gasteiger partial charge in [0, 0.05) is 18.5 Å². The molecule has 3 aromatic rings. The number of alkyl halides is 3. The Morgan fingerprint density at radius 1 is 1.19 bits per heavy atom. The van der Waals surface area contributed by atoms with Crippen LogP contribution in [0.2, 0.25) is 0 Å². The van der Waals surface area contributed by atoms with Crippen LogP contribution < -0.4 is 11.2 Å². The van der Waals surface area contributed by atoms with E-state index >= 15 is 0 Å². The molecule has 0 saturated carbocycles. The maximum atomic E-state index is 12.9. The standard InChI is InChI=1S/C15H8F3N3O5S/c1-20-9(15(16,17)18)5-10(22)21(14(20)26)6-2-3-8-7(4-6)11(19-27-8)12(23)13(24)25/h2-5H,1H3,(H,24,25). The van der Waals surface area contributed by atoms with E-state index in [2.05, 4.69) is 4.37 Å². The van der Waals surface area contributed by atoms with E-state index < -0.39 is 34.9 Å². The predicted molar refractivity (Wildman–Crippen MR) is 87.4 cm³/mol. The second-order valence-corrected chi connectivity index (χ2v) is 6.19. The third-order valence-corrected chi connectivity index (χ3v) is 4.56. The van der Waals surface area contributed by atoms with Crippen molar-refractivity contribution >= 4 is 33.4 Å². The van der Waals surface area contributed by atoms with E-state index in [0.29, 0.717) is 9.27 Å². The largest absolute Gasteiger partial charge is 0.475 e. The van der Waals surface area contributed by atoms with E-state index in [4.69, 9.17) is 5.11 Å². The Hall–Kier alpha value is -3.28. The first-order chi connectivity index (χ1) is 12.5. The number of carbonyl (C=O) groups excluding carboxylic acids is 1. The Bertz CT molecular complexity index is 1220. The van der Waals surface area contributed by atoms with Crippen LogP contribution in [-0.4, -0.2) is 30.4 Å². The molecular formula is C15H8F3N3O5S. The van der Waals surface area contributed by atoms with Crippen LogP contribution in [-0.2, 0) is 18.0 Å². The SMILES string of the molecule is Cn1c(C(F)(F)F)cc(=O)n(-c2ccc3snc(C(=O)C(=O)O)c3c2)c1=O. The van der Waals surface area contributed by atoms with Gasteiger partial charge in [-0.3, -0.25) is 14.2 Å². The summed E-state index contributed by atoms with van der Waals surface area (Å²) < 4.78 is 43.7. The zero-order chi connectivity index (χ0) is 20.1. The molecule has 2 aromatic heterocycles. The molecule has 0 radical (unpaired) electrons. The van der Waals surface area contributed by atoms with Gasteiger partial charge in [0.25, 0.3) is 11.3 Å². The number of carbonyl (C=O) groups is 2. The molecule has 0 fully saturated rings. The average Bonchev–Trinajstić information content (AvgIpc) is 2.99. The van der Waals surface area contributed by atoms with Gasteiger partial charge in [0.1, 0.15) is 11.4 Å². The van der Waals surface area contributed by atoms with Crippen molar-refractivity contribution in [1.82, 2.24) is 13.5 Å². The highest BCUT2D eigenvalue weighted by Crippen LogP contribution is 2.28. The highest BCUT2D eigenvalue weighted by Gasteiger charge is 2.35. The van der Waals surface area contributed by atoms with Crippen molar-refractivity contribution in [1.29, 1.82) is 0 Å². The lowest BCUT2D eigenvalue weighted by Crippen LogP contribution is -2.40. The van der Waals surface area contributed by atoms with Gasteiger partial charge < -0.3 is 5.11 Å². The number of rotatable bonds is 3. The van der Waals surface area contributed by atoms with Crippen LogP contribution in [0.25, 0.3) is 15.8 Å². The number of Topliss-reactive ketones (excluding diaryl/α,β-unsaturated/α-hetero) is 1. The van der Waals surface area contributed by atoms with Gasteiger partial charge in [-0.25, -0.2) is 14.2 Å². The van der Waals surface area contributed by atoms with Crippen molar-refractivity contribution in [2.75, 3.05) is 0 Å².